The quantitative estimate of drug-likeness (QED) is 0.717. The van der Waals surface area contributed by atoms with E-state index in [2.05, 4.69) is 24.4 Å². The van der Waals surface area contributed by atoms with E-state index in [0.717, 1.165) is 17.7 Å². The van der Waals surface area contributed by atoms with E-state index >= 15 is 0 Å². The molecule has 1 N–H and O–H groups in total. The summed E-state index contributed by atoms with van der Waals surface area (Å²) in [5.74, 6) is -0.152. The molecule has 0 unspecified atom stereocenters. The monoisotopic (exact) mass is 313 g/mol. The Hall–Kier alpha value is -2.06. The van der Waals surface area contributed by atoms with Crippen molar-refractivity contribution in [2.75, 3.05) is 5.32 Å². The standard InChI is InChI=1S/C19H20ClNO/c1-2-3-5-15-8-11-18(12-9-15)21-19(22)13-10-16-6-4-7-17(20)14-16/h4,6-14H,2-3,5H2,1H3,(H,21,22). The second-order valence-electron chi connectivity index (χ2n) is 5.18. The summed E-state index contributed by atoms with van der Waals surface area (Å²) in [6.45, 7) is 2.18. The molecule has 0 aliphatic carbocycles. The third-order valence-electron chi connectivity index (χ3n) is 3.32. The Labute approximate surface area is 136 Å². The molecule has 0 saturated carbocycles. The lowest BCUT2D eigenvalue weighted by Gasteiger charge is -2.04. The molecule has 0 fully saturated rings. The van der Waals surface area contributed by atoms with Crippen LogP contribution in [0.4, 0.5) is 5.69 Å². The van der Waals surface area contributed by atoms with Gasteiger partial charge in [0, 0.05) is 16.8 Å². The van der Waals surface area contributed by atoms with Gasteiger partial charge in [0.1, 0.15) is 0 Å². The first-order chi connectivity index (χ1) is 10.7. The van der Waals surface area contributed by atoms with Crippen molar-refractivity contribution in [3.63, 3.8) is 0 Å². The molecule has 0 aliphatic heterocycles. The second-order valence-corrected chi connectivity index (χ2v) is 5.61. The lowest BCUT2D eigenvalue weighted by Crippen LogP contribution is -2.07. The van der Waals surface area contributed by atoms with Crippen molar-refractivity contribution in [3.8, 4) is 0 Å². The summed E-state index contributed by atoms with van der Waals surface area (Å²) in [7, 11) is 0. The molecule has 22 heavy (non-hydrogen) atoms. The zero-order valence-corrected chi connectivity index (χ0v) is 13.4. The van der Waals surface area contributed by atoms with Gasteiger partial charge in [0.05, 0.1) is 0 Å². The van der Waals surface area contributed by atoms with Gasteiger partial charge in [-0.25, -0.2) is 0 Å². The lowest BCUT2D eigenvalue weighted by atomic mass is 10.1. The molecular weight excluding hydrogens is 294 g/mol. The van der Waals surface area contributed by atoms with Crippen LogP contribution in [0, 0.1) is 0 Å². The van der Waals surface area contributed by atoms with Crippen molar-refractivity contribution in [1.82, 2.24) is 0 Å². The molecule has 0 spiro atoms. The fourth-order valence-corrected chi connectivity index (χ4v) is 2.30. The first kappa shape index (κ1) is 16.3. The van der Waals surface area contributed by atoms with E-state index in [0.29, 0.717) is 5.02 Å². The number of aryl methyl sites for hydroxylation is 1. The minimum Gasteiger partial charge on any atom is -0.323 e. The van der Waals surface area contributed by atoms with Crippen LogP contribution in [-0.4, -0.2) is 5.91 Å². The van der Waals surface area contributed by atoms with Crippen molar-refractivity contribution >= 4 is 29.3 Å². The number of halogens is 1. The lowest BCUT2D eigenvalue weighted by molar-refractivity contribution is -0.111. The van der Waals surface area contributed by atoms with Crippen LogP contribution in [0.25, 0.3) is 6.08 Å². The Morgan fingerprint density at radius 3 is 2.64 bits per heavy atom. The van der Waals surface area contributed by atoms with Crippen LogP contribution in [0.15, 0.2) is 54.6 Å². The third-order valence-corrected chi connectivity index (χ3v) is 3.55. The highest BCUT2D eigenvalue weighted by atomic mass is 35.5. The molecule has 0 atom stereocenters. The third kappa shape index (κ3) is 5.38. The predicted octanol–water partition coefficient (Wildman–Crippen LogP) is 5.33. The van der Waals surface area contributed by atoms with Crippen LogP contribution in [-0.2, 0) is 11.2 Å². The number of amides is 1. The number of carbonyl (C=O) groups is 1. The van der Waals surface area contributed by atoms with Gasteiger partial charge in [-0.05, 0) is 54.3 Å². The maximum atomic E-state index is 11.9. The zero-order valence-electron chi connectivity index (χ0n) is 12.7. The van der Waals surface area contributed by atoms with Gasteiger partial charge in [-0.15, -0.1) is 0 Å². The van der Waals surface area contributed by atoms with Crippen molar-refractivity contribution in [2.24, 2.45) is 0 Å². The fraction of sp³-hybridized carbons (Fsp3) is 0.211. The minimum absolute atomic E-state index is 0.152. The molecule has 2 aromatic carbocycles. The molecule has 0 radical (unpaired) electrons. The smallest absolute Gasteiger partial charge is 0.248 e. The van der Waals surface area contributed by atoms with Crippen LogP contribution in [0.5, 0.6) is 0 Å². The van der Waals surface area contributed by atoms with Gasteiger partial charge < -0.3 is 5.32 Å². The average molecular weight is 314 g/mol. The molecule has 0 bridgehead atoms. The SMILES string of the molecule is CCCCc1ccc(NC(=O)C=Cc2cccc(Cl)c2)cc1. The fourth-order valence-electron chi connectivity index (χ4n) is 2.10. The van der Waals surface area contributed by atoms with Crippen molar-refractivity contribution in [1.29, 1.82) is 0 Å². The Bertz CT molecular complexity index is 647. The molecule has 0 heterocycles. The first-order valence-electron chi connectivity index (χ1n) is 7.51. The number of benzene rings is 2. The summed E-state index contributed by atoms with van der Waals surface area (Å²) in [5.41, 5.74) is 3.01. The summed E-state index contributed by atoms with van der Waals surface area (Å²) >= 11 is 5.91. The van der Waals surface area contributed by atoms with Crippen LogP contribution >= 0.6 is 11.6 Å². The van der Waals surface area contributed by atoms with E-state index in [1.165, 1.54) is 24.5 Å². The summed E-state index contributed by atoms with van der Waals surface area (Å²) in [6, 6.07) is 15.4. The minimum atomic E-state index is -0.152. The number of anilines is 1. The van der Waals surface area contributed by atoms with E-state index in [1.807, 2.05) is 30.3 Å². The topological polar surface area (TPSA) is 29.1 Å². The molecule has 0 saturated heterocycles. The molecular formula is C19H20ClNO. The van der Waals surface area contributed by atoms with E-state index < -0.39 is 0 Å². The Balaban J connectivity index is 1.91. The molecule has 114 valence electrons. The maximum absolute atomic E-state index is 11.9. The van der Waals surface area contributed by atoms with Crippen LogP contribution < -0.4 is 5.32 Å². The molecule has 3 heteroatoms. The van der Waals surface area contributed by atoms with Gasteiger partial charge in [0.2, 0.25) is 5.91 Å². The van der Waals surface area contributed by atoms with Crippen molar-refractivity contribution in [2.45, 2.75) is 26.2 Å². The van der Waals surface area contributed by atoms with Gasteiger partial charge in [-0.3, -0.25) is 4.79 Å². The highest BCUT2D eigenvalue weighted by Gasteiger charge is 1.99. The summed E-state index contributed by atoms with van der Waals surface area (Å²) in [6.07, 6.45) is 6.72. The van der Waals surface area contributed by atoms with E-state index in [4.69, 9.17) is 11.6 Å². The molecule has 2 nitrogen and oxygen atoms in total. The number of carbonyl (C=O) groups excluding carboxylic acids is 1. The first-order valence-corrected chi connectivity index (χ1v) is 7.89. The second kappa shape index (κ2) is 8.40. The average Bonchev–Trinajstić information content (AvgIpc) is 2.52. The van der Waals surface area contributed by atoms with E-state index in [9.17, 15) is 4.79 Å². The van der Waals surface area contributed by atoms with Crippen LogP contribution in [0.1, 0.15) is 30.9 Å². The van der Waals surface area contributed by atoms with Gasteiger partial charge in [0.15, 0.2) is 0 Å². The zero-order chi connectivity index (χ0) is 15.8. The number of rotatable bonds is 6. The number of hydrogen-bond donors (Lipinski definition) is 1. The van der Waals surface area contributed by atoms with E-state index in [-0.39, 0.29) is 5.91 Å². The number of nitrogens with one attached hydrogen (secondary N) is 1. The molecule has 0 aliphatic rings. The normalized spacial score (nSPS) is 10.8. The van der Waals surface area contributed by atoms with Gasteiger partial charge in [0.25, 0.3) is 0 Å². The van der Waals surface area contributed by atoms with Gasteiger partial charge in [-0.1, -0.05) is 49.2 Å². The van der Waals surface area contributed by atoms with Crippen molar-refractivity contribution in [3.05, 3.63) is 70.8 Å². The molecule has 0 aromatic heterocycles. The summed E-state index contributed by atoms with van der Waals surface area (Å²) in [5, 5.41) is 3.51. The number of unbranched alkanes of at least 4 members (excludes halogenated alkanes) is 1. The Morgan fingerprint density at radius 2 is 1.95 bits per heavy atom. The van der Waals surface area contributed by atoms with E-state index in [1.54, 1.807) is 12.1 Å². The van der Waals surface area contributed by atoms with Crippen LogP contribution in [0.3, 0.4) is 0 Å². The van der Waals surface area contributed by atoms with Crippen LogP contribution in [0.2, 0.25) is 5.02 Å². The molecule has 2 rings (SSSR count). The molecule has 1 amide bonds. The highest BCUT2D eigenvalue weighted by Crippen LogP contribution is 2.13. The Kier molecular flexibility index (Phi) is 6.23. The number of hydrogen-bond acceptors (Lipinski definition) is 1. The summed E-state index contributed by atoms with van der Waals surface area (Å²) < 4.78 is 0. The largest absolute Gasteiger partial charge is 0.323 e. The summed E-state index contributed by atoms with van der Waals surface area (Å²) in [4.78, 5) is 11.9. The Morgan fingerprint density at radius 1 is 1.18 bits per heavy atom. The van der Waals surface area contributed by atoms with Gasteiger partial charge in [-0.2, -0.15) is 0 Å². The van der Waals surface area contributed by atoms with Gasteiger partial charge >= 0.3 is 0 Å². The molecule has 2 aromatic rings. The van der Waals surface area contributed by atoms with Crippen molar-refractivity contribution < 1.29 is 4.79 Å². The maximum Gasteiger partial charge on any atom is 0.248 e. The predicted molar refractivity (Wildman–Crippen MR) is 94.2 cm³/mol. The highest BCUT2D eigenvalue weighted by molar-refractivity contribution is 6.30.